The predicted molar refractivity (Wildman–Crippen MR) is 135 cm³/mol. The van der Waals surface area contributed by atoms with Gasteiger partial charge in [0.15, 0.2) is 0 Å². The van der Waals surface area contributed by atoms with Crippen LogP contribution in [-0.4, -0.2) is 17.7 Å². The average Bonchev–Trinajstić information content (AvgIpc) is 2.99. The van der Waals surface area contributed by atoms with Gasteiger partial charge in [-0.25, -0.2) is 4.90 Å². The fraction of sp³-hybridized carbons (Fsp3) is 0.115. The summed E-state index contributed by atoms with van der Waals surface area (Å²) < 4.78 is 0. The van der Waals surface area contributed by atoms with Gasteiger partial charge < -0.3 is 10.6 Å². The van der Waals surface area contributed by atoms with Crippen LogP contribution in [0.5, 0.6) is 0 Å². The summed E-state index contributed by atoms with van der Waals surface area (Å²) in [5.74, 6) is -1.44. The van der Waals surface area contributed by atoms with Crippen molar-refractivity contribution in [3.63, 3.8) is 0 Å². The summed E-state index contributed by atoms with van der Waals surface area (Å²) >= 11 is 12.3. The molecule has 0 aliphatic carbocycles. The SMILES string of the molecule is Cc1cc(C)cc(N2C(=O)C(Cl)=C(Nc3ccc(C(=O)Nc4ccc(C)c(Cl)c4)cc3)C2=O)c1. The van der Waals surface area contributed by atoms with Crippen molar-refractivity contribution in [2.75, 3.05) is 15.5 Å². The molecule has 172 valence electrons. The van der Waals surface area contributed by atoms with Gasteiger partial charge in [-0.2, -0.15) is 0 Å². The second kappa shape index (κ2) is 9.33. The second-order valence-electron chi connectivity index (χ2n) is 8.10. The van der Waals surface area contributed by atoms with E-state index in [0.29, 0.717) is 27.6 Å². The number of benzene rings is 3. The van der Waals surface area contributed by atoms with Crippen LogP contribution in [-0.2, 0) is 9.59 Å². The lowest BCUT2D eigenvalue weighted by Crippen LogP contribution is -2.32. The Morgan fingerprint density at radius 3 is 2.03 bits per heavy atom. The highest BCUT2D eigenvalue weighted by Crippen LogP contribution is 2.31. The Balaban J connectivity index is 1.49. The lowest BCUT2D eigenvalue weighted by Gasteiger charge is -2.16. The van der Waals surface area contributed by atoms with Crippen LogP contribution in [0.15, 0.2) is 71.4 Å². The minimum absolute atomic E-state index is 0.0164. The summed E-state index contributed by atoms with van der Waals surface area (Å²) in [5, 5.41) is 6.08. The molecule has 3 amide bonds. The van der Waals surface area contributed by atoms with Crippen LogP contribution in [0.1, 0.15) is 27.0 Å². The van der Waals surface area contributed by atoms with E-state index in [-0.39, 0.29) is 16.6 Å². The quantitative estimate of drug-likeness (QED) is 0.430. The number of nitrogens with one attached hydrogen (secondary N) is 2. The van der Waals surface area contributed by atoms with Gasteiger partial charge in [-0.05, 0) is 86.0 Å². The van der Waals surface area contributed by atoms with Crippen molar-refractivity contribution in [2.24, 2.45) is 0 Å². The third kappa shape index (κ3) is 4.69. The minimum Gasteiger partial charge on any atom is -0.350 e. The maximum Gasteiger partial charge on any atom is 0.283 e. The summed E-state index contributed by atoms with van der Waals surface area (Å²) in [6, 6.07) is 17.2. The topological polar surface area (TPSA) is 78.5 Å². The standard InChI is InChI=1S/C26H21Cl2N3O3/c1-14-10-15(2)12-20(11-14)31-25(33)22(28)23(26(31)34)29-18-8-5-17(6-9-18)24(32)30-19-7-4-16(3)21(27)13-19/h4-13,29H,1-3H3,(H,30,32). The summed E-state index contributed by atoms with van der Waals surface area (Å²) in [7, 11) is 0. The average molecular weight is 494 g/mol. The fourth-order valence-electron chi connectivity index (χ4n) is 3.65. The molecule has 0 saturated heterocycles. The number of amides is 3. The van der Waals surface area contributed by atoms with Crippen molar-refractivity contribution in [1.82, 2.24) is 0 Å². The molecule has 0 aromatic heterocycles. The monoisotopic (exact) mass is 493 g/mol. The Morgan fingerprint density at radius 2 is 1.41 bits per heavy atom. The zero-order chi connectivity index (χ0) is 24.6. The van der Waals surface area contributed by atoms with Crippen molar-refractivity contribution < 1.29 is 14.4 Å². The summed E-state index contributed by atoms with van der Waals surface area (Å²) in [6.07, 6.45) is 0. The molecule has 4 rings (SSSR count). The maximum atomic E-state index is 13.0. The molecule has 2 N–H and O–H groups in total. The van der Waals surface area contributed by atoms with E-state index in [2.05, 4.69) is 10.6 Å². The summed E-state index contributed by atoms with van der Waals surface area (Å²) in [4.78, 5) is 39.3. The smallest absolute Gasteiger partial charge is 0.283 e. The first-order chi connectivity index (χ1) is 16.1. The zero-order valence-corrected chi connectivity index (χ0v) is 20.2. The van der Waals surface area contributed by atoms with Crippen LogP contribution in [0.2, 0.25) is 5.02 Å². The molecule has 0 radical (unpaired) electrons. The number of nitrogens with zero attached hydrogens (tertiary/aromatic N) is 1. The van der Waals surface area contributed by atoms with Gasteiger partial charge in [0.25, 0.3) is 17.7 Å². The van der Waals surface area contributed by atoms with Crippen LogP contribution in [0.4, 0.5) is 17.1 Å². The number of imide groups is 1. The lowest BCUT2D eigenvalue weighted by atomic mass is 10.1. The Bertz CT molecular complexity index is 1340. The van der Waals surface area contributed by atoms with Crippen LogP contribution >= 0.6 is 23.2 Å². The van der Waals surface area contributed by atoms with Crippen molar-refractivity contribution >= 4 is 58.0 Å². The fourth-order valence-corrected chi connectivity index (χ4v) is 4.04. The molecular formula is C26H21Cl2N3O3. The van der Waals surface area contributed by atoms with E-state index in [4.69, 9.17) is 23.2 Å². The van der Waals surface area contributed by atoms with E-state index in [0.717, 1.165) is 21.6 Å². The van der Waals surface area contributed by atoms with Crippen molar-refractivity contribution in [3.05, 3.63) is 98.7 Å². The molecule has 3 aromatic rings. The molecular weight excluding hydrogens is 473 g/mol. The van der Waals surface area contributed by atoms with Gasteiger partial charge in [-0.15, -0.1) is 0 Å². The van der Waals surface area contributed by atoms with E-state index in [1.54, 1.807) is 48.5 Å². The first-order valence-corrected chi connectivity index (χ1v) is 11.2. The second-order valence-corrected chi connectivity index (χ2v) is 8.89. The van der Waals surface area contributed by atoms with Gasteiger partial charge in [0.05, 0.1) is 5.69 Å². The van der Waals surface area contributed by atoms with Crippen LogP contribution in [0.25, 0.3) is 0 Å². The molecule has 6 nitrogen and oxygen atoms in total. The van der Waals surface area contributed by atoms with Crippen LogP contribution in [0.3, 0.4) is 0 Å². The van der Waals surface area contributed by atoms with Gasteiger partial charge in [0.2, 0.25) is 0 Å². The van der Waals surface area contributed by atoms with Crippen LogP contribution < -0.4 is 15.5 Å². The third-order valence-corrected chi connectivity index (χ3v) is 6.10. The Kier molecular flexibility index (Phi) is 6.46. The van der Waals surface area contributed by atoms with Crippen molar-refractivity contribution in [3.8, 4) is 0 Å². The highest BCUT2D eigenvalue weighted by atomic mass is 35.5. The van der Waals surface area contributed by atoms with E-state index in [9.17, 15) is 14.4 Å². The molecule has 0 atom stereocenters. The van der Waals surface area contributed by atoms with E-state index in [1.165, 1.54) is 0 Å². The minimum atomic E-state index is -0.591. The number of anilines is 3. The van der Waals surface area contributed by atoms with E-state index >= 15 is 0 Å². The zero-order valence-electron chi connectivity index (χ0n) is 18.7. The molecule has 0 spiro atoms. The number of aryl methyl sites for hydroxylation is 3. The van der Waals surface area contributed by atoms with Gasteiger partial charge >= 0.3 is 0 Å². The molecule has 34 heavy (non-hydrogen) atoms. The number of rotatable bonds is 5. The molecule has 0 bridgehead atoms. The first-order valence-electron chi connectivity index (χ1n) is 10.5. The normalized spacial score (nSPS) is 13.5. The highest BCUT2D eigenvalue weighted by molar-refractivity contribution is 6.53. The molecule has 3 aromatic carbocycles. The van der Waals surface area contributed by atoms with E-state index in [1.807, 2.05) is 32.9 Å². The molecule has 0 unspecified atom stereocenters. The number of carbonyl (C=O) groups excluding carboxylic acids is 3. The lowest BCUT2D eigenvalue weighted by molar-refractivity contribution is -0.120. The largest absolute Gasteiger partial charge is 0.350 e. The Morgan fingerprint density at radius 1 is 0.794 bits per heavy atom. The van der Waals surface area contributed by atoms with Crippen molar-refractivity contribution in [2.45, 2.75) is 20.8 Å². The highest BCUT2D eigenvalue weighted by Gasteiger charge is 2.39. The molecule has 1 aliphatic heterocycles. The number of halogens is 2. The summed E-state index contributed by atoms with van der Waals surface area (Å²) in [5.41, 5.74) is 4.72. The van der Waals surface area contributed by atoms with Gasteiger partial charge in [0, 0.05) is 22.0 Å². The number of hydrogen-bond donors (Lipinski definition) is 2. The molecule has 0 saturated carbocycles. The third-order valence-electron chi connectivity index (χ3n) is 5.34. The predicted octanol–water partition coefficient (Wildman–Crippen LogP) is 5.95. The molecule has 8 heteroatoms. The number of carbonyl (C=O) groups is 3. The van der Waals surface area contributed by atoms with Crippen LogP contribution in [0, 0.1) is 20.8 Å². The first kappa shape index (κ1) is 23.5. The van der Waals surface area contributed by atoms with Gasteiger partial charge in [-0.3, -0.25) is 14.4 Å². The maximum absolute atomic E-state index is 13.0. The van der Waals surface area contributed by atoms with E-state index < -0.39 is 11.8 Å². The Labute approximate surface area is 207 Å². The molecule has 1 aliphatic rings. The van der Waals surface area contributed by atoms with Gasteiger partial charge in [0.1, 0.15) is 10.7 Å². The molecule has 1 heterocycles. The summed E-state index contributed by atoms with van der Waals surface area (Å²) in [6.45, 7) is 5.66. The number of hydrogen-bond acceptors (Lipinski definition) is 4. The van der Waals surface area contributed by atoms with Gasteiger partial charge in [-0.1, -0.05) is 35.3 Å². The Hall–Kier alpha value is -3.61. The van der Waals surface area contributed by atoms with Crippen molar-refractivity contribution in [1.29, 1.82) is 0 Å². The molecule has 0 fully saturated rings.